The van der Waals surface area contributed by atoms with Crippen LogP contribution >= 0.6 is 0 Å². The van der Waals surface area contributed by atoms with E-state index >= 15 is 0 Å². The number of Topliss-reactive ketones (excluding diaryl/α,β-unsaturated/α-hetero) is 1. The Kier molecular flexibility index (Phi) is 1.49. The van der Waals surface area contributed by atoms with E-state index in [1.807, 2.05) is 0 Å². The van der Waals surface area contributed by atoms with Crippen molar-refractivity contribution in [2.75, 3.05) is 0 Å². The molecule has 0 aromatic carbocycles. The Morgan fingerprint density at radius 1 is 1.08 bits per heavy atom. The van der Waals surface area contributed by atoms with E-state index in [0.717, 1.165) is 18.8 Å². The highest BCUT2D eigenvalue weighted by molar-refractivity contribution is 5.85. The van der Waals surface area contributed by atoms with Gasteiger partial charge in [0.05, 0.1) is 0 Å². The zero-order chi connectivity index (χ0) is 8.84. The molecule has 0 aliphatic heterocycles. The number of fused-ring (bicyclic) bond motifs is 1. The van der Waals surface area contributed by atoms with Crippen molar-refractivity contribution in [1.29, 1.82) is 0 Å². The molecule has 0 amide bonds. The summed E-state index contributed by atoms with van der Waals surface area (Å²) in [4.78, 5) is 11.6. The minimum Gasteiger partial charge on any atom is -0.299 e. The molecule has 4 rings (SSSR count). The summed E-state index contributed by atoms with van der Waals surface area (Å²) < 4.78 is 0. The molecule has 68 valence electrons. The van der Waals surface area contributed by atoms with Crippen LogP contribution in [0.15, 0.2) is 24.3 Å². The molecule has 0 aromatic rings. The third kappa shape index (κ3) is 0.962. The van der Waals surface area contributed by atoms with E-state index in [0.29, 0.717) is 17.6 Å². The largest absolute Gasteiger partial charge is 0.299 e. The highest BCUT2D eigenvalue weighted by atomic mass is 16.1. The van der Waals surface area contributed by atoms with Crippen molar-refractivity contribution >= 4 is 5.78 Å². The zero-order valence-electron chi connectivity index (χ0n) is 7.65. The molecule has 4 aliphatic carbocycles. The summed E-state index contributed by atoms with van der Waals surface area (Å²) in [5.74, 6) is 2.73. The summed E-state index contributed by atoms with van der Waals surface area (Å²) in [5, 5.41) is 0. The molecule has 0 N–H and O–H groups in total. The molecule has 0 unspecified atom stereocenters. The molecule has 0 saturated heterocycles. The Hall–Kier alpha value is -0.850. The Balaban J connectivity index is 2.00. The van der Waals surface area contributed by atoms with Crippen molar-refractivity contribution in [2.45, 2.75) is 19.3 Å². The van der Waals surface area contributed by atoms with Crippen molar-refractivity contribution < 1.29 is 4.79 Å². The van der Waals surface area contributed by atoms with Crippen molar-refractivity contribution in [2.24, 2.45) is 23.7 Å². The first-order valence-corrected chi connectivity index (χ1v) is 5.22. The molecule has 1 heteroatoms. The summed E-state index contributed by atoms with van der Waals surface area (Å²) in [6.07, 6.45) is 12.1. The predicted octanol–water partition coefficient (Wildman–Crippen LogP) is 2.34. The molecule has 4 aliphatic rings. The van der Waals surface area contributed by atoms with Gasteiger partial charge in [0.2, 0.25) is 0 Å². The maximum absolute atomic E-state index is 11.6. The van der Waals surface area contributed by atoms with Crippen LogP contribution in [-0.2, 0) is 4.79 Å². The average molecular weight is 174 g/mol. The van der Waals surface area contributed by atoms with Gasteiger partial charge >= 0.3 is 0 Å². The van der Waals surface area contributed by atoms with Crippen LogP contribution in [0.4, 0.5) is 0 Å². The number of ketones is 1. The maximum atomic E-state index is 11.6. The van der Waals surface area contributed by atoms with Crippen molar-refractivity contribution in [3.63, 3.8) is 0 Å². The fourth-order valence-electron chi connectivity index (χ4n) is 3.24. The summed E-state index contributed by atoms with van der Waals surface area (Å²) >= 11 is 0. The first kappa shape index (κ1) is 7.54. The van der Waals surface area contributed by atoms with E-state index in [1.165, 1.54) is 6.42 Å². The molecule has 0 aromatic heterocycles. The molecule has 0 radical (unpaired) electrons. The second-order valence-corrected chi connectivity index (χ2v) is 4.52. The lowest BCUT2D eigenvalue weighted by Gasteiger charge is -2.45. The van der Waals surface area contributed by atoms with Gasteiger partial charge in [0, 0.05) is 12.3 Å². The van der Waals surface area contributed by atoms with Crippen LogP contribution in [0.5, 0.6) is 0 Å². The lowest BCUT2D eigenvalue weighted by atomic mass is 9.58. The predicted molar refractivity (Wildman–Crippen MR) is 51.1 cm³/mol. The number of hydrogen-bond donors (Lipinski definition) is 0. The number of hydrogen-bond acceptors (Lipinski definition) is 1. The van der Waals surface area contributed by atoms with Gasteiger partial charge in [0.1, 0.15) is 5.78 Å². The third-order valence-corrected chi connectivity index (χ3v) is 3.92. The summed E-state index contributed by atoms with van der Waals surface area (Å²) in [6.45, 7) is 0. The van der Waals surface area contributed by atoms with Crippen molar-refractivity contribution in [3.05, 3.63) is 24.3 Å². The first-order chi connectivity index (χ1) is 6.36. The first-order valence-electron chi connectivity index (χ1n) is 5.22. The van der Waals surface area contributed by atoms with Crippen LogP contribution in [-0.4, -0.2) is 5.78 Å². The van der Waals surface area contributed by atoms with Crippen LogP contribution in [0.25, 0.3) is 0 Å². The summed E-state index contributed by atoms with van der Waals surface area (Å²) in [5.41, 5.74) is 0. The van der Waals surface area contributed by atoms with Crippen LogP contribution in [0.1, 0.15) is 19.3 Å². The van der Waals surface area contributed by atoms with E-state index in [4.69, 9.17) is 0 Å². The lowest BCUT2D eigenvalue weighted by molar-refractivity contribution is -0.129. The normalized spacial score (nSPS) is 46.6. The molecule has 0 heterocycles. The fourth-order valence-corrected chi connectivity index (χ4v) is 3.24. The van der Waals surface area contributed by atoms with Crippen molar-refractivity contribution in [3.8, 4) is 0 Å². The second kappa shape index (κ2) is 2.57. The van der Waals surface area contributed by atoms with Gasteiger partial charge in [-0.05, 0) is 30.6 Å². The van der Waals surface area contributed by atoms with Gasteiger partial charge in [-0.1, -0.05) is 24.3 Å². The molecule has 0 spiro atoms. The van der Waals surface area contributed by atoms with Crippen LogP contribution < -0.4 is 0 Å². The van der Waals surface area contributed by atoms with Gasteiger partial charge in [-0.25, -0.2) is 0 Å². The maximum Gasteiger partial charge on any atom is 0.140 e. The fraction of sp³-hybridized carbons (Fsp3) is 0.583. The van der Waals surface area contributed by atoms with Gasteiger partial charge in [0.15, 0.2) is 0 Å². The lowest BCUT2D eigenvalue weighted by Crippen LogP contribution is -2.43. The van der Waals surface area contributed by atoms with Gasteiger partial charge in [-0.15, -0.1) is 0 Å². The van der Waals surface area contributed by atoms with Crippen LogP contribution in [0.2, 0.25) is 0 Å². The number of allylic oxidation sites excluding steroid dienone is 4. The molecular weight excluding hydrogens is 160 g/mol. The SMILES string of the molecule is O=C1C[C@H]2C=C[C@@H]1[C@H]1CC=CC[C@H]12. The van der Waals surface area contributed by atoms with E-state index in [1.54, 1.807) is 0 Å². The molecule has 13 heavy (non-hydrogen) atoms. The Bertz CT molecular complexity index is 300. The number of carbonyl (C=O) groups excluding carboxylic acids is 1. The minimum atomic E-state index is 0.264. The van der Waals surface area contributed by atoms with Crippen LogP contribution in [0, 0.1) is 23.7 Å². The van der Waals surface area contributed by atoms with Crippen molar-refractivity contribution in [1.82, 2.24) is 0 Å². The standard InChI is InChI=1S/C12H14O/c13-12-7-8-5-6-11(12)10-4-2-1-3-9(8)10/h1-2,5-6,8-11H,3-4,7H2/t8-,9+,10+,11-/m1/s1. The molecule has 2 bridgehead atoms. The average Bonchev–Trinajstić information content (AvgIpc) is 2.19. The number of rotatable bonds is 0. The molecular formula is C12H14O. The van der Waals surface area contributed by atoms with E-state index in [-0.39, 0.29) is 5.92 Å². The van der Waals surface area contributed by atoms with Gasteiger partial charge in [-0.3, -0.25) is 4.79 Å². The quantitative estimate of drug-likeness (QED) is 0.515. The number of carbonyl (C=O) groups is 1. The second-order valence-electron chi connectivity index (χ2n) is 4.52. The molecule has 1 saturated carbocycles. The Morgan fingerprint density at radius 3 is 2.62 bits per heavy atom. The highest BCUT2D eigenvalue weighted by Gasteiger charge is 2.44. The van der Waals surface area contributed by atoms with Gasteiger partial charge in [-0.2, -0.15) is 0 Å². The van der Waals surface area contributed by atoms with Crippen LogP contribution in [0.3, 0.4) is 0 Å². The van der Waals surface area contributed by atoms with E-state index in [9.17, 15) is 4.79 Å². The smallest absolute Gasteiger partial charge is 0.140 e. The van der Waals surface area contributed by atoms with Gasteiger partial charge < -0.3 is 0 Å². The third-order valence-electron chi connectivity index (χ3n) is 3.92. The Labute approximate surface area is 78.5 Å². The Morgan fingerprint density at radius 2 is 1.85 bits per heavy atom. The topological polar surface area (TPSA) is 17.1 Å². The highest BCUT2D eigenvalue weighted by Crippen LogP contribution is 2.47. The van der Waals surface area contributed by atoms with E-state index in [2.05, 4.69) is 24.3 Å². The molecule has 4 atom stereocenters. The minimum absolute atomic E-state index is 0.264. The molecule has 1 fully saturated rings. The summed E-state index contributed by atoms with van der Waals surface area (Å²) in [6, 6.07) is 0. The zero-order valence-corrected chi connectivity index (χ0v) is 7.65. The van der Waals surface area contributed by atoms with E-state index < -0.39 is 0 Å². The summed E-state index contributed by atoms with van der Waals surface area (Å²) in [7, 11) is 0. The van der Waals surface area contributed by atoms with Gasteiger partial charge in [0.25, 0.3) is 0 Å². The monoisotopic (exact) mass is 174 g/mol. The molecule has 1 nitrogen and oxygen atoms in total.